The summed E-state index contributed by atoms with van der Waals surface area (Å²) in [4.78, 5) is 14.3. The maximum absolute atomic E-state index is 14.0. The summed E-state index contributed by atoms with van der Waals surface area (Å²) in [6, 6.07) is 9.93. The molecule has 1 saturated heterocycles. The first kappa shape index (κ1) is 19.2. The van der Waals surface area contributed by atoms with E-state index in [0.717, 1.165) is 0 Å². The molecular weight excluding hydrogens is 376 g/mol. The lowest BCUT2D eigenvalue weighted by Gasteiger charge is -2.37. The van der Waals surface area contributed by atoms with Gasteiger partial charge in [-0.3, -0.25) is 4.79 Å². The molecule has 2 aromatic carbocycles. The number of rotatable bonds is 4. The molecule has 0 aliphatic carbocycles. The lowest BCUT2D eigenvalue weighted by molar-refractivity contribution is -0.124. The molecule has 2 atom stereocenters. The van der Waals surface area contributed by atoms with Crippen LogP contribution < -0.4 is 4.90 Å². The van der Waals surface area contributed by atoms with Crippen LogP contribution in [-0.2, 0) is 17.8 Å². The first-order valence-corrected chi connectivity index (χ1v) is 9.29. The van der Waals surface area contributed by atoms with Gasteiger partial charge in [-0.25, -0.2) is 4.39 Å². The van der Waals surface area contributed by atoms with Gasteiger partial charge in [0, 0.05) is 12.5 Å². The number of benzene rings is 2. The third-order valence-electron chi connectivity index (χ3n) is 4.81. The maximum Gasteiger partial charge on any atom is 0.229 e. The fourth-order valence-electron chi connectivity index (χ4n) is 3.58. The zero-order valence-corrected chi connectivity index (χ0v) is 15.9. The van der Waals surface area contributed by atoms with Crippen molar-refractivity contribution in [3.05, 3.63) is 63.4 Å². The van der Waals surface area contributed by atoms with Gasteiger partial charge >= 0.3 is 0 Å². The molecule has 1 amide bonds. The van der Waals surface area contributed by atoms with E-state index in [1.54, 1.807) is 29.2 Å². The van der Waals surface area contributed by atoms with Crippen molar-refractivity contribution < 1.29 is 14.3 Å². The van der Waals surface area contributed by atoms with Crippen molar-refractivity contribution in [3.63, 3.8) is 0 Å². The fraction of sp³-hybridized carbons (Fsp3) is 0.350. The topological polar surface area (TPSA) is 40.5 Å². The zero-order valence-electron chi connectivity index (χ0n) is 14.4. The number of anilines is 1. The Hall–Kier alpha value is -1.62. The molecule has 0 unspecified atom stereocenters. The number of amides is 1. The van der Waals surface area contributed by atoms with Crippen molar-refractivity contribution in [1.82, 2.24) is 0 Å². The third-order valence-corrected chi connectivity index (χ3v) is 5.39. The minimum atomic E-state index is -0.230. The Morgan fingerprint density at radius 1 is 1.23 bits per heavy atom. The molecule has 1 heterocycles. The highest BCUT2D eigenvalue weighted by Gasteiger charge is 2.34. The van der Waals surface area contributed by atoms with Crippen LogP contribution in [0.3, 0.4) is 0 Å². The van der Waals surface area contributed by atoms with Gasteiger partial charge in [0.1, 0.15) is 5.82 Å². The van der Waals surface area contributed by atoms with E-state index in [0.29, 0.717) is 46.2 Å². The van der Waals surface area contributed by atoms with Crippen LogP contribution >= 0.6 is 23.2 Å². The Bertz CT molecular complexity index is 804. The van der Waals surface area contributed by atoms with Crippen molar-refractivity contribution in [2.75, 3.05) is 11.4 Å². The van der Waals surface area contributed by atoms with Gasteiger partial charge in [-0.1, -0.05) is 48.3 Å². The van der Waals surface area contributed by atoms with Gasteiger partial charge in [0.05, 0.1) is 22.3 Å². The Labute approximate surface area is 162 Å². The number of aliphatic hydroxyl groups excluding tert-OH is 1. The molecule has 6 heteroatoms. The molecule has 0 spiro atoms. The number of carbonyl (C=O) groups excluding carboxylic acids is 1. The van der Waals surface area contributed by atoms with Gasteiger partial charge in [-0.15, -0.1) is 0 Å². The Morgan fingerprint density at radius 2 is 1.88 bits per heavy atom. The van der Waals surface area contributed by atoms with E-state index < -0.39 is 0 Å². The zero-order chi connectivity index (χ0) is 18.8. The van der Waals surface area contributed by atoms with Gasteiger partial charge in [0.2, 0.25) is 5.91 Å². The Kier molecular flexibility index (Phi) is 5.86. The number of hydrogen-bond donors (Lipinski definition) is 1. The van der Waals surface area contributed by atoms with Gasteiger partial charge in [-0.05, 0) is 48.1 Å². The smallest absolute Gasteiger partial charge is 0.229 e. The Morgan fingerprint density at radius 3 is 2.50 bits per heavy atom. The monoisotopic (exact) mass is 395 g/mol. The molecule has 3 nitrogen and oxygen atoms in total. The summed E-state index contributed by atoms with van der Waals surface area (Å²) in [6.07, 6.45) is 1.23. The van der Waals surface area contributed by atoms with Crippen LogP contribution in [0.5, 0.6) is 0 Å². The van der Waals surface area contributed by atoms with Crippen molar-refractivity contribution in [2.45, 2.75) is 26.4 Å². The standard InChI is InChI=1S/C20H20Cl2FNO2/c1-12-6-13(7-15-4-2-3-5-18(15)23)10-24(20(12)26)19-16(21)8-14(11-25)9-17(19)22/h2-5,8-9,12-13,25H,6-7,10-11H2,1H3/t12-,13-/m1/s1. The lowest BCUT2D eigenvalue weighted by Crippen LogP contribution is -2.45. The number of hydrogen-bond acceptors (Lipinski definition) is 2. The SMILES string of the molecule is C[C@@H]1C[C@H](Cc2ccccc2F)CN(c2c(Cl)cc(CO)cc2Cl)C1=O. The summed E-state index contributed by atoms with van der Waals surface area (Å²) in [7, 11) is 0. The maximum atomic E-state index is 14.0. The molecule has 0 aromatic heterocycles. The van der Waals surface area contributed by atoms with Crippen LogP contribution in [0.25, 0.3) is 0 Å². The van der Waals surface area contributed by atoms with E-state index in [2.05, 4.69) is 0 Å². The normalized spacial score (nSPS) is 20.5. The Balaban J connectivity index is 1.90. The summed E-state index contributed by atoms with van der Waals surface area (Å²) in [5.74, 6) is -0.378. The second kappa shape index (κ2) is 7.95. The van der Waals surface area contributed by atoms with Crippen LogP contribution in [0.1, 0.15) is 24.5 Å². The minimum Gasteiger partial charge on any atom is -0.392 e. The van der Waals surface area contributed by atoms with Crippen molar-refractivity contribution in [1.29, 1.82) is 0 Å². The number of aliphatic hydroxyl groups is 1. The van der Waals surface area contributed by atoms with E-state index in [1.165, 1.54) is 6.07 Å². The molecule has 2 aromatic rings. The predicted molar refractivity (Wildman–Crippen MR) is 102 cm³/mol. The van der Waals surface area contributed by atoms with Crippen LogP contribution in [0.2, 0.25) is 10.0 Å². The largest absolute Gasteiger partial charge is 0.392 e. The van der Waals surface area contributed by atoms with Crippen LogP contribution in [0.15, 0.2) is 36.4 Å². The average molecular weight is 396 g/mol. The second-order valence-electron chi connectivity index (χ2n) is 6.81. The molecule has 0 radical (unpaired) electrons. The average Bonchev–Trinajstić information content (AvgIpc) is 2.60. The molecule has 1 aliphatic rings. The summed E-state index contributed by atoms with van der Waals surface area (Å²) in [5, 5.41) is 9.94. The van der Waals surface area contributed by atoms with Gasteiger partial charge < -0.3 is 10.0 Å². The van der Waals surface area contributed by atoms with Crippen LogP contribution in [0, 0.1) is 17.7 Å². The van der Waals surface area contributed by atoms with Crippen LogP contribution in [0.4, 0.5) is 10.1 Å². The van der Waals surface area contributed by atoms with E-state index >= 15 is 0 Å². The predicted octanol–water partition coefficient (Wildman–Crippen LogP) is 4.86. The van der Waals surface area contributed by atoms with Gasteiger partial charge in [-0.2, -0.15) is 0 Å². The molecule has 26 heavy (non-hydrogen) atoms. The lowest BCUT2D eigenvalue weighted by atomic mass is 9.85. The first-order chi connectivity index (χ1) is 12.4. The second-order valence-corrected chi connectivity index (χ2v) is 7.63. The number of nitrogens with zero attached hydrogens (tertiary/aromatic N) is 1. The van der Waals surface area contributed by atoms with E-state index in [9.17, 15) is 14.3 Å². The highest BCUT2D eigenvalue weighted by atomic mass is 35.5. The molecule has 1 N–H and O–H groups in total. The number of halogens is 3. The van der Waals surface area contributed by atoms with E-state index in [-0.39, 0.29) is 30.2 Å². The minimum absolute atomic E-state index is 0.0460. The summed E-state index contributed by atoms with van der Waals surface area (Å²) in [5.41, 5.74) is 1.69. The summed E-state index contributed by atoms with van der Waals surface area (Å²) >= 11 is 12.7. The number of piperidine rings is 1. The molecule has 0 saturated carbocycles. The molecule has 1 aliphatic heterocycles. The summed E-state index contributed by atoms with van der Waals surface area (Å²) in [6.45, 7) is 2.11. The van der Waals surface area contributed by atoms with Gasteiger partial charge in [0.15, 0.2) is 0 Å². The van der Waals surface area contributed by atoms with Crippen molar-refractivity contribution in [2.24, 2.45) is 11.8 Å². The van der Waals surface area contributed by atoms with Crippen molar-refractivity contribution >= 4 is 34.8 Å². The molecule has 1 fully saturated rings. The third kappa shape index (κ3) is 3.88. The first-order valence-electron chi connectivity index (χ1n) is 8.54. The molecule has 0 bridgehead atoms. The number of carbonyl (C=O) groups is 1. The summed E-state index contributed by atoms with van der Waals surface area (Å²) < 4.78 is 14.0. The van der Waals surface area contributed by atoms with E-state index in [4.69, 9.17) is 23.2 Å². The van der Waals surface area contributed by atoms with Crippen LogP contribution in [-0.4, -0.2) is 17.6 Å². The van der Waals surface area contributed by atoms with E-state index in [1.807, 2.05) is 13.0 Å². The quantitative estimate of drug-likeness (QED) is 0.802. The fourth-order valence-corrected chi connectivity index (χ4v) is 4.32. The van der Waals surface area contributed by atoms with Crippen molar-refractivity contribution in [3.8, 4) is 0 Å². The molecule has 138 valence electrons. The molecular formula is C20H20Cl2FNO2. The highest BCUT2D eigenvalue weighted by molar-refractivity contribution is 6.40. The highest BCUT2D eigenvalue weighted by Crippen LogP contribution is 2.39. The molecule has 3 rings (SSSR count). The van der Waals surface area contributed by atoms with Gasteiger partial charge in [0.25, 0.3) is 0 Å².